The first kappa shape index (κ1) is 21.4. The molecular formula is C25H19ClN2O4. The fourth-order valence-electron chi connectivity index (χ4n) is 3.55. The monoisotopic (exact) mass is 446 g/mol. The number of carbonyl (C=O) groups is 1. The Labute approximate surface area is 189 Å². The number of nitrogens with zero attached hydrogens (tertiary/aromatic N) is 2. The van der Waals surface area contributed by atoms with Crippen molar-refractivity contribution in [2.75, 3.05) is 25.6 Å². The summed E-state index contributed by atoms with van der Waals surface area (Å²) in [6, 6.07) is 14.1. The zero-order chi connectivity index (χ0) is 23.0. The van der Waals surface area contributed by atoms with Gasteiger partial charge in [-0.1, -0.05) is 11.6 Å². The van der Waals surface area contributed by atoms with E-state index in [0.717, 1.165) is 5.69 Å². The fourth-order valence-corrected chi connectivity index (χ4v) is 3.73. The van der Waals surface area contributed by atoms with Crippen LogP contribution in [0.5, 0.6) is 5.75 Å². The normalized spacial score (nSPS) is 13.4. The highest BCUT2D eigenvalue weighted by Crippen LogP contribution is 2.36. The largest absolute Gasteiger partial charge is 0.488 e. The van der Waals surface area contributed by atoms with Crippen LogP contribution in [-0.2, 0) is 0 Å². The van der Waals surface area contributed by atoms with Crippen molar-refractivity contribution in [1.82, 2.24) is 0 Å². The van der Waals surface area contributed by atoms with Gasteiger partial charge in [-0.15, -0.1) is 0 Å². The number of Topliss-reactive ketones (excluding diaryl/α,β-unsaturated/α-hetero) is 1. The molecule has 0 amide bonds. The predicted molar refractivity (Wildman–Crippen MR) is 124 cm³/mol. The Kier molecular flexibility index (Phi) is 5.60. The number of fused-ring (bicyclic) bond motifs is 2. The van der Waals surface area contributed by atoms with Crippen molar-refractivity contribution in [3.8, 4) is 11.8 Å². The second kappa shape index (κ2) is 8.37. The fraction of sp³-hybridized carbons (Fsp3) is 0.160. The van der Waals surface area contributed by atoms with Crippen molar-refractivity contribution < 1.29 is 13.9 Å². The standard InChI is InChI=1S/C25H19ClN2O4/c1-14(24(29)20-10-15-9-17(26)4-7-22(15)32-25(20)30)8-16-13-31-23-11-18(28(2)3)5-6-19(23)21(16)12-27/h4-11H,13H2,1-3H3/b14-8+. The Morgan fingerprint density at radius 3 is 2.69 bits per heavy atom. The van der Waals surface area contributed by atoms with E-state index in [1.54, 1.807) is 31.2 Å². The first-order valence-corrected chi connectivity index (χ1v) is 10.2. The zero-order valence-corrected chi connectivity index (χ0v) is 18.5. The summed E-state index contributed by atoms with van der Waals surface area (Å²) in [7, 11) is 3.85. The van der Waals surface area contributed by atoms with Crippen LogP contribution in [0.3, 0.4) is 0 Å². The zero-order valence-electron chi connectivity index (χ0n) is 17.7. The van der Waals surface area contributed by atoms with Crippen molar-refractivity contribution in [3.05, 3.63) is 86.3 Å². The summed E-state index contributed by atoms with van der Waals surface area (Å²) in [6.07, 6.45) is 1.59. The first-order valence-electron chi connectivity index (χ1n) is 9.82. The van der Waals surface area contributed by atoms with E-state index in [0.29, 0.717) is 44.0 Å². The smallest absolute Gasteiger partial charge is 0.347 e. The van der Waals surface area contributed by atoms with Gasteiger partial charge in [-0.2, -0.15) is 5.26 Å². The molecule has 0 spiro atoms. The van der Waals surface area contributed by atoms with E-state index in [9.17, 15) is 14.9 Å². The minimum absolute atomic E-state index is 0.0969. The lowest BCUT2D eigenvalue weighted by Gasteiger charge is -2.22. The van der Waals surface area contributed by atoms with E-state index in [2.05, 4.69) is 6.07 Å². The van der Waals surface area contributed by atoms with Crippen molar-refractivity contribution in [2.45, 2.75) is 6.92 Å². The second-order valence-corrected chi connectivity index (χ2v) is 8.10. The molecule has 32 heavy (non-hydrogen) atoms. The lowest BCUT2D eigenvalue weighted by Crippen LogP contribution is -2.16. The quantitative estimate of drug-likeness (QED) is 0.318. The number of anilines is 1. The number of halogens is 1. The van der Waals surface area contributed by atoms with E-state index in [1.165, 1.54) is 6.07 Å². The summed E-state index contributed by atoms with van der Waals surface area (Å²) in [5, 5.41) is 10.8. The molecule has 2 aromatic carbocycles. The molecular weight excluding hydrogens is 428 g/mol. The topological polar surface area (TPSA) is 83.5 Å². The SMILES string of the molecule is C/C(=C\C1=C(C#N)c2ccc(N(C)C)cc2OC1)C(=O)c1cc2cc(Cl)ccc2oc1=O. The third-order valence-electron chi connectivity index (χ3n) is 5.25. The third-order valence-corrected chi connectivity index (χ3v) is 5.49. The molecule has 0 fully saturated rings. The molecule has 0 radical (unpaired) electrons. The molecule has 0 saturated carbocycles. The van der Waals surface area contributed by atoms with Crippen LogP contribution in [0.25, 0.3) is 16.5 Å². The van der Waals surface area contributed by atoms with Gasteiger partial charge in [-0.05, 0) is 55.0 Å². The Morgan fingerprint density at radius 1 is 1.19 bits per heavy atom. The maximum atomic E-state index is 13.0. The average molecular weight is 447 g/mol. The number of nitriles is 1. The van der Waals surface area contributed by atoms with Crippen LogP contribution in [0.1, 0.15) is 22.8 Å². The van der Waals surface area contributed by atoms with Crippen LogP contribution in [-0.4, -0.2) is 26.5 Å². The molecule has 2 heterocycles. The molecule has 1 aliphatic heterocycles. The number of rotatable bonds is 4. The molecule has 1 aliphatic rings. The first-order chi connectivity index (χ1) is 15.3. The van der Waals surface area contributed by atoms with Crippen LogP contribution in [0.4, 0.5) is 5.69 Å². The summed E-state index contributed by atoms with van der Waals surface area (Å²) in [5.74, 6) is 0.125. The van der Waals surface area contributed by atoms with Crippen LogP contribution in [0, 0.1) is 11.3 Å². The molecule has 0 bridgehead atoms. The van der Waals surface area contributed by atoms with Gasteiger partial charge in [-0.3, -0.25) is 4.79 Å². The molecule has 6 nitrogen and oxygen atoms in total. The number of ketones is 1. The van der Waals surface area contributed by atoms with Gasteiger partial charge in [-0.25, -0.2) is 4.79 Å². The van der Waals surface area contributed by atoms with Crippen molar-refractivity contribution in [2.24, 2.45) is 0 Å². The molecule has 160 valence electrons. The van der Waals surface area contributed by atoms with E-state index >= 15 is 0 Å². The van der Waals surface area contributed by atoms with Gasteiger partial charge in [0.25, 0.3) is 0 Å². The lowest BCUT2D eigenvalue weighted by molar-refractivity contribution is 0.103. The van der Waals surface area contributed by atoms with Gasteiger partial charge in [0.15, 0.2) is 5.78 Å². The van der Waals surface area contributed by atoms with Crippen LogP contribution >= 0.6 is 11.6 Å². The molecule has 3 aromatic rings. The number of ether oxygens (including phenoxy) is 1. The number of carbonyl (C=O) groups excluding carboxylic acids is 1. The summed E-state index contributed by atoms with van der Waals surface area (Å²) in [4.78, 5) is 27.3. The number of benzene rings is 2. The molecule has 4 rings (SSSR count). The number of hydrogen-bond acceptors (Lipinski definition) is 6. The van der Waals surface area contributed by atoms with Gasteiger partial charge >= 0.3 is 5.63 Å². The molecule has 0 aliphatic carbocycles. The molecule has 0 unspecified atom stereocenters. The van der Waals surface area contributed by atoms with Crippen molar-refractivity contribution in [3.63, 3.8) is 0 Å². The minimum Gasteiger partial charge on any atom is -0.488 e. The summed E-state index contributed by atoms with van der Waals surface area (Å²) < 4.78 is 11.1. The maximum Gasteiger partial charge on any atom is 0.347 e. The van der Waals surface area contributed by atoms with Crippen LogP contribution < -0.4 is 15.3 Å². The summed E-state index contributed by atoms with van der Waals surface area (Å²) in [5.41, 5.74) is 2.43. The Hall–Kier alpha value is -3.82. The average Bonchev–Trinajstić information content (AvgIpc) is 2.77. The van der Waals surface area contributed by atoms with Gasteiger partial charge in [0.05, 0.1) is 5.57 Å². The second-order valence-electron chi connectivity index (χ2n) is 7.66. The van der Waals surface area contributed by atoms with Crippen molar-refractivity contribution in [1.29, 1.82) is 5.26 Å². The summed E-state index contributed by atoms with van der Waals surface area (Å²) in [6.45, 7) is 1.73. The van der Waals surface area contributed by atoms with Gasteiger partial charge < -0.3 is 14.1 Å². The van der Waals surface area contributed by atoms with E-state index in [-0.39, 0.29) is 12.2 Å². The van der Waals surface area contributed by atoms with Crippen LogP contribution in [0.15, 0.2) is 68.9 Å². The van der Waals surface area contributed by atoms with E-state index in [4.69, 9.17) is 20.8 Å². The highest BCUT2D eigenvalue weighted by Gasteiger charge is 2.22. The molecule has 0 atom stereocenters. The summed E-state index contributed by atoms with van der Waals surface area (Å²) >= 11 is 6.01. The van der Waals surface area contributed by atoms with E-state index < -0.39 is 11.4 Å². The number of allylic oxidation sites excluding steroid dienone is 2. The van der Waals surface area contributed by atoms with Gasteiger partial charge in [0.1, 0.15) is 29.6 Å². The maximum absolute atomic E-state index is 13.0. The Morgan fingerprint density at radius 2 is 1.97 bits per heavy atom. The Balaban J connectivity index is 1.74. The van der Waals surface area contributed by atoms with Gasteiger partial charge in [0.2, 0.25) is 0 Å². The lowest BCUT2D eigenvalue weighted by atomic mass is 9.95. The van der Waals surface area contributed by atoms with Gasteiger partial charge in [0, 0.05) is 47.4 Å². The van der Waals surface area contributed by atoms with E-state index in [1.807, 2.05) is 37.2 Å². The predicted octanol–water partition coefficient (Wildman–Crippen LogP) is 5.01. The van der Waals surface area contributed by atoms with Crippen LogP contribution in [0.2, 0.25) is 5.02 Å². The number of hydrogen-bond donors (Lipinski definition) is 0. The third kappa shape index (κ3) is 3.91. The molecule has 0 N–H and O–H groups in total. The highest BCUT2D eigenvalue weighted by molar-refractivity contribution is 6.31. The molecule has 1 aromatic heterocycles. The molecule has 7 heteroatoms. The van der Waals surface area contributed by atoms with Crippen molar-refractivity contribution >= 4 is 39.6 Å². The minimum atomic E-state index is -0.728. The Bertz CT molecular complexity index is 1420. The molecule has 0 saturated heterocycles. The highest BCUT2D eigenvalue weighted by atomic mass is 35.5.